The molecule has 0 radical (unpaired) electrons. The van der Waals surface area contributed by atoms with Crippen LogP contribution in [0.3, 0.4) is 0 Å². The van der Waals surface area contributed by atoms with Crippen molar-refractivity contribution in [3.8, 4) is 0 Å². The van der Waals surface area contributed by atoms with Gasteiger partial charge in [0.1, 0.15) is 0 Å². The predicted octanol–water partition coefficient (Wildman–Crippen LogP) is 0.244. The molecule has 6 heteroatoms. The third kappa shape index (κ3) is 3.16. The molecule has 1 atom stereocenters. The Morgan fingerprint density at radius 3 is 2.69 bits per heavy atom. The van der Waals surface area contributed by atoms with E-state index in [1.165, 1.54) is 4.31 Å². The minimum atomic E-state index is -3.28. The molecule has 1 aliphatic heterocycles. The van der Waals surface area contributed by atoms with Crippen molar-refractivity contribution in [2.24, 2.45) is 11.7 Å². The topological polar surface area (TPSA) is 66.6 Å². The summed E-state index contributed by atoms with van der Waals surface area (Å²) < 4.78 is 27.6. The monoisotopic (exact) mass is 249 g/mol. The van der Waals surface area contributed by atoms with Gasteiger partial charge in [0.05, 0.1) is 0 Å². The molecule has 1 fully saturated rings. The van der Waals surface area contributed by atoms with Crippen LogP contribution in [0, 0.1) is 5.92 Å². The lowest BCUT2D eigenvalue weighted by molar-refractivity contribution is 0.260. The highest BCUT2D eigenvalue weighted by molar-refractivity contribution is 7.86. The van der Waals surface area contributed by atoms with Gasteiger partial charge in [0.15, 0.2) is 0 Å². The molecule has 1 rings (SSSR count). The van der Waals surface area contributed by atoms with E-state index in [0.29, 0.717) is 38.6 Å². The molecule has 1 saturated heterocycles. The van der Waals surface area contributed by atoms with E-state index in [1.54, 1.807) is 4.31 Å². The Balaban J connectivity index is 2.74. The molecule has 1 aliphatic rings. The van der Waals surface area contributed by atoms with E-state index in [-0.39, 0.29) is 0 Å². The molecular weight excluding hydrogens is 226 g/mol. The van der Waals surface area contributed by atoms with Gasteiger partial charge < -0.3 is 5.73 Å². The summed E-state index contributed by atoms with van der Waals surface area (Å²) >= 11 is 0. The van der Waals surface area contributed by atoms with Crippen LogP contribution in [0.15, 0.2) is 0 Å². The van der Waals surface area contributed by atoms with Crippen molar-refractivity contribution in [2.75, 3.05) is 32.7 Å². The van der Waals surface area contributed by atoms with Gasteiger partial charge >= 0.3 is 0 Å². The normalized spacial score (nSPS) is 23.9. The summed E-state index contributed by atoms with van der Waals surface area (Å²) in [4.78, 5) is 0. The molecule has 96 valence electrons. The summed E-state index contributed by atoms with van der Waals surface area (Å²) in [6.07, 6.45) is 2.08. The van der Waals surface area contributed by atoms with Crippen LogP contribution in [-0.2, 0) is 10.2 Å². The summed E-state index contributed by atoms with van der Waals surface area (Å²) in [5.74, 6) is 0.458. The minimum absolute atomic E-state index is 0.371. The molecule has 0 aliphatic carbocycles. The van der Waals surface area contributed by atoms with Gasteiger partial charge in [-0.15, -0.1) is 0 Å². The highest BCUT2D eigenvalue weighted by atomic mass is 32.2. The maximum Gasteiger partial charge on any atom is 0.282 e. The van der Waals surface area contributed by atoms with Gasteiger partial charge in [0, 0.05) is 32.7 Å². The van der Waals surface area contributed by atoms with Crippen LogP contribution >= 0.6 is 0 Å². The van der Waals surface area contributed by atoms with Crippen molar-refractivity contribution in [2.45, 2.75) is 26.7 Å². The molecule has 0 spiro atoms. The maximum absolute atomic E-state index is 12.2. The minimum Gasteiger partial charge on any atom is -0.329 e. The van der Waals surface area contributed by atoms with Crippen LogP contribution in [0.5, 0.6) is 0 Å². The molecule has 0 amide bonds. The van der Waals surface area contributed by atoms with Gasteiger partial charge in [-0.1, -0.05) is 13.8 Å². The first-order valence-electron chi connectivity index (χ1n) is 5.97. The Hall–Kier alpha value is -0.170. The fourth-order valence-corrected chi connectivity index (χ4v) is 3.89. The molecule has 0 aromatic carbocycles. The van der Waals surface area contributed by atoms with E-state index >= 15 is 0 Å². The quantitative estimate of drug-likeness (QED) is 0.759. The lowest BCUT2D eigenvalue weighted by Gasteiger charge is -2.33. The molecule has 5 nitrogen and oxygen atoms in total. The first kappa shape index (κ1) is 13.9. The third-order valence-electron chi connectivity index (χ3n) is 3.00. The zero-order valence-corrected chi connectivity index (χ0v) is 11.0. The molecule has 16 heavy (non-hydrogen) atoms. The van der Waals surface area contributed by atoms with Crippen LogP contribution in [0.4, 0.5) is 0 Å². The first-order chi connectivity index (χ1) is 7.52. The Morgan fingerprint density at radius 2 is 2.19 bits per heavy atom. The van der Waals surface area contributed by atoms with Crippen LogP contribution in [0.2, 0.25) is 0 Å². The number of hydrogen-bond donors (Lipinski definition) is 1. The van der Waals surface area contributed by atoms with Gasteiger partial charge in [-0.25, -0.2) is 0 Å². The third-order valence-corrected chi connectivity index (χ3v) is 5.08. The van der Waals surface area contributed by atoms with Crippen molar-refractivity contribution >= 4 is 10.2 Å². The lowest BCUT2D eigenvalue weighted by Crippen LogP contribution is -2.48. The second-order valence-electron chi connectivity index (χ2n) is 4.39. The largest absolute Gasteiger partial charge is 0.329 e. The standard InChI is InChI=1S/C10H23N3O2S/c1-3-12(8-6-11)16(14,15)13-7-4-5-10(2)9-13/h10H,3-9,11H2,1-2H3. The van der Waals surface area contributed by atoms with Crippen molar-refractivity contribution in [3.63, 3.8) is 0 Å². The average Bonchev–Trinajstić information content (AvgIpc) is 2.25. The van der Waals surface area contributed by atoms with E-state index in [0.717, 1.165) is 12.8 Å². The number of piperidine rings is 1. The molecule has 1 heterocycles. The van der Waals surface area contributed by atoms with Gasteiger partial charge in [-0.05, 0) is 18.8 Å². The summed E-state index contributed by atoms with van der Waals surface area (Å²) in [5, 5.41) is 0. The Morgan fingerprint density at radius 1 is 1.50 bits per heavy atom. The fourth-order valence-electron chi connectivity index (χ4n) is 2.10. The molecule has 0 aromatic rings. The van der Waals surface area contributed by atoms with Crippen LogP contribution in [-0.4, -0.2) is 49.8 Å². The smallest absolute Gasteiger partial charge is 0.282 e. The highest BCUT2D eigenvalue weighted by Crippen LogP contribution is 2.20. The van der Waals surface area contributed by atoms with E-state index < -0.39 is 10.2 Å². The molecule has 0 aromatic heterocycles. The molecule has 0 bridgehead atoms. The number of nitrogens with zero attached hydrogens (tertiary/aromatic N) is 2. The lowest BCUT2D eigenvalue weighted by atomic mass is 10.0. The molecule has 1 unspecified atom stereocenters. The SMILES string of the molecule is CCN(CCN)S(=O)(=O)N1CCCC(C)C1. The second kappa shape index (κ2) is 5.95. The van der Waals surface area contributed by atoms with Gasteiger partial charge in [-0.2, -0.15) is 17.0 Å². The second-order valence-corrected chi connectivity index (χ2v) is 6.32. The summed E-state index contributed by atoms with van der Waals surface area (Å²) in [6, 6.07) is 0. The van der Waals surface area contributed by atoms with Crippen LogP contribution in [0.25, 0.3) is 0 Å². The van der Waals surface area contributed by atoms with Gasteiger partial charge in [-0.3, -0.25) is 0 Å². The van der Waals surface area contributed by atoms with Crippen LogP contribution < -0.4 is 5.73 Å². The zero-order valence-electron chi connectivity index (χ0n) is 10.2. The van der Waals surface area contributed by atoms with E-state index in [1.807, 2.05) is 6.92 Å². The summed E-state index contributed by atoms with van der Waals surface area (Å²) in [6.45, 7) is 6.50. The fraction of sp³-hybridized carbons (Fsp3) is 1.00. The Bertz CT molecular complexity index is 305. The zero-order chi connectivity index (χ0) is 12.2. The van der Waals surface area contributed by atoms with Crippen molar-refractivity contribution in [1.82, 2.24) is 8.61 Å². The highest BCUT2D eigenvalue weighted by Gasteiger charge is 2.31. The predicted molar refractivity (Wildman–Crippen MR) is 65.2 cm³/mol. The van der Waals surface area contributed by atoms with E-state index in [9.17, 15) is 8.42 Å². The van der Waals surface area contributed by atoms with Gasteiger partial charge in [0.2, 0.25) is 0 Å². The Kier molecular flexibility index (Phi) is 5.17. The average molecular weight is 249 g/mol. The molecular formula is C10H23N3O2S. The van der Waals surface area contributed by atoms with Crippen molar-refractivity contribution < 1.29 is 8.42 Å². The maximum atomic E-state index is 12.2. The number of nitrogens with two attached hydrogens (primary N) is 1. The van der Waals surface area contributed by atoms with Crippen molar-refractivity contribution in [3.05, 3.63) is 0 Å². The first-order valence-corrected chi connectivity index (χ1v) is 7.37. The van der Waals surface area contributed by atoms with E-state index in [4.69, 9.17) is 5.73 Å². The Labute approximate surface area is 98.8 Å². The van der Waals surface area contributed by atoms with Gasteiger partial charge in [0.25, 0.3) is 10.2 Å². The summed E-state index contributed by atoms with van der Waals surface area (Å²) in [7, 11) is -3.28. The number of likely N-dealkylation sites (N-methyl/N-ethyl adjacent to an activating group) is 1. The van der Waals surface area contributed by atoms with Crippen molar-refractivity contribution in [1.29, 1.82) is 0 Å². The molecule has 2 N–H and O–H groups in total. The molecule has 0 saturated carbocycles. The van der Waals surface area contributed by atoms with E-state index in [2.05, 4.69) is 6.92 Å². The number of rotatable bonds is 5. The number of hydrogen-bond acceptors (Lipinski definition) is 3. The van der Waals surface area contributed by atoms with Crippen LogP contribution in [0.1, 0.15) is 26.7 Å². The summed E-state index contributed by atoms with van der Waals surface area (Å²) in [5.41, 5.74) is 5.43.